The molecule has 1 unspecified atom stereocenters. The number of hydrogen-bond donors (Lipinski definition) is 1. The van der Waals surface area contributed by atoms with Crippen LogP contribution in [0.4, 0.5) is 11.4 Å². The molecule has 0 fully saturated rings. The van der Waals surface area contributed by atoms with Crippen LogP contribution < -0.4 is 29.2 Å². The van der Waals surface area contributed by atoms with Gasteiger partial charge in [0.2, 0.25) is 11.7 Å². The molecule has 9 heteroatoms. The van der Waals surface area contributed by atoms with Crippen LogP contribution in [0.15, 0.2) is 30.3 Å². The van der Waals surface area contributed by atoms with Gasteiger partial charge >= 0.3 is 0 Å². The Morgan fingerprint density at radius 1 is 0.933 bits per heavy atom. The number of rotatable bonds is 7. The lowest BCUT2D eigenvalue weighted by Gasteiger charge is -2.25. The van der Waals surface area contributed by atoms with Crippen molar-refractivity contribution in [3.05, 3.63) is 35.9 Å². The first-order valence-corrected chi connectivity index (χ1v) is 9.03. The van der Waals surface area contributed by atoms with Gasteiger partial charge in [0.05, 0.1) is 39.7 Å². The average molecular weight is 414 g/mol. The highest BCUT2D eigenvalue weighted by molar-refractivity contribution is 6.53. The molecule has 30 heavy (non-hydrogen) atoms. The van der Waals surface area contributed by atoms with Crippen LogP contribution in [0.5, 0.6) is 23.0 Å². The predicted molar refractivity (Wildman–Crippen MR) is 109 cm³/mol. The van der Waals surface area contributed by atoms with Gasteiger partial charge in [0.1, 0.15) is 11.8 Å². The van der Waals surface area contributed by atoms with Crippen molar-refractivity contribution in [3.8, 4) is 23.0 Å². The second kappa shape index (κ2) is 8.32. The van der Waals surface area contributed by atoms with Crippen molar-refractivity contribution in [2.24, 2.45) is 0 Å². The molecular weight excluding hydrogens is 392 g/mol. The van der Waals surface area contributed by atoms with E-state index in [1.807, 2.05) is 0 Å². The highest BCUT2D eigenvalue weighted by atomic mass is 16.5. The number of ketones is 1. The Labute approximate surface area is 173 Å². The number of anilines is 2. The molecule has 0 bridgehead atoms. The number of carbonyl (C=O) groups is 3. The van der Waals surface area contributed by atoms with Gasteiger partial charge in [-0.05, 0) is 31.2 Å². The molecule has 3 rings (SSSR count). The maximum Gasteiger partial charge on any atom is 0.300 e. The van der Waals surface area contributed by atoms with Crippen LogP contribution in [-0.4, -0.2) is 52.1 Å². The summed E-state index contributed by atoms with van der Waals surface area (Å²) < 4.78 is 21.0. The minimum absolute atomic E-state index is 0.0317. The quantitative estimate of drug-likeness (QED) is 0.693. The van der Waals surface area contributed by atoms with E-state index in [-0.39, 0.29) is 28.5 Å². The van der Waals surface area contributed by atoms with Gasteiger partial charge < -0.3 is 24.3 Å². The molecule has 158 valence electrons. The SMILES string of the molecule is COc1ccc(NC(=O)C(C)N2C(=O)C(=O)c3c2cc(OC)c(OC)c3OC)cc1. The molecule has 0 aliphatic carbocycles. The van der Waals surface area contributed by atoms with Crippen LogP contribution in [0.25, 0.3) is 0 Å². The third-order valence-electron chi connectivity index (χ3n) is 4.83. The van der Waals surface area contributed by atoms with Crippen LogP contribution >= 0.6 is 0 Å². The first kappa shape index (κ1) is 21.0. The van der Waals surface area contributed by atoms with Gasteiger partial charge in [-0.2, -0.15) is 0 Å². The number of hydrogen-bond acceptors (Lipinski definition) is 7. The Kier molecular flexibility index (Phi) is 5.81. The summed E-state index contributed by atoms with van der Waals surface area (Å²) in [6, 6.07) is 7.24. The van der Waals surface area contributed by atoms with E-state index in [1.165, 1.54) is 34.3 Å². The van der Waals surface area contributed by atoms with Gasteiger partial charge in [0, 0.05) is 11.8 Å². The van der Waals surface area contributed by atoms with Crippen molar-refractivity contribution in [1.82, 2.24) is 0 Å². The molecule has 2 amide bonds. The van der Waals surface area contributed by atoms with Crippen LogP contribution in [-0.2, 0) is 9.59 Å². The third-order valence-corrected chi connectivity index (χ3v) is 4.83. The van der Waals surface area contributed by atoms with Crippen molar-refractivity contribution in [2.45, 2.75) is 13.0 Å². The monoisotopic (exact) mass is 414 g/mol. The molecule has 0 spiro atoms. The topological polar surface area (TPSA) is 103 Å². The molecule has 9 nitrogen and oxygen atoms in total. The summed E-state index contributed by atoms with van der Waals surface area (Å²) in [6.45, 7) is 1.53. The van der Waals surface area contributed by atoms with E-state index in [9.17, 15) is 14.4 Å². The summed E-state index contributed by atoms with van der Waals surface area (Å²) in [4.78, 5) is 39.4. The van der Waals surface area contributed by atoms with Gasteiger partial charge in [-0.25, -0.2) is 0 Å². The zero-order chi connectivity index (χ0) is 22.0. The van der Waals surface area contributed by atoms with Crippen molar-refractivity contribution in [2.75, 3.05) is 38.7 Å². The molecule has 0 saturated carbocycles. The molecule has 1 heterocycles. The summed E-state index contributed by atoms with van der Waals surface area (Å²) in [6.07, 6.45) is 0. The van der Waals surface area contributed by atoms with Gasteiger partial charge in [-0.15, -0.1) is 0 Å². The minimum Gasteiger partial charge on any atom is -0.497 e. The molecule has 0 radical (unpaired) electrons. The molecule has 1 N–H and O–H groups in total. The van der Waals surface area contributed by atoms with Crippen LogP contribution in [0.2, 0.25) is 0 Å². The number of nitrogens with zero attached hydrogens (tertiary/aromatic N) is 1. The summed E-state index contributed by atoms with van der Waals surface area (Å²) >= 11 is 0. The van der Waals surface area contributed by atoms with E-state index < -0.39 is 23.6 Å². The number of ether oxygens (including phenoxy) is 4. The maximum absolute atomic E-state index is 12.8. The van der Waals surface area contributed by atoms with Gasteiger partial charge in [-0.3, -0.25) is 19.3 Å². The second-order valence-electron chi connectivity index (χ2n) is 6.44. The summed E-state index contributed by atoms with van der Waals surface area (Å²) in [7, 11) is 5.72. The Morgan fingerprint density at radius 2 is 1.57 bits per heavy atom. The number of nitrogens with one attached hydrogen (secondary N) is 1. The lowest BCUT2D eigenvalue weighted by atomic mass is 10.1. The van der Waals surface area contributed by atoms with Gasteiger partial charge in [-0.1, -0.05) is 0 Å². The fourth-order valence-electron chi connectivity index (χ4n) is 3.30. The lowest BCUT2D eigenvalue weighted by molar-refractivity contribution is -0.120. The molecule has 0 aromatic heterocycles. The fourth-order valence-corrected chi connectivity index (χ4v) is 3.30. The third kappa shape index (κ3) is 3.38. The first-order valence-electron chi connectivity index (χ1n) is 9.03. The van der Waals surface area contributed by atoms with E-state index in [0.29, 0.717) is 11.4 Å². The standard InChI is InChI=1S/C21H22N2O7/c1-11(20(25)22-12-6-8-13(27-2)9-7-12)23-14-10-15(28-3)18(29-4)19(30-5)16(14)17(24)21(23)26/h6-11H,1-5H3,(H,22,25). The van der Waals surface area contributed by atoms with Crippen molar-refractivity contribution < 1.29 is 33.3 Å². The largest absolute Gasteiger partial charge is 0.497 e. The van der Waals surface area contributed by atoms with Crippen LogP contribution in [0.1, 0.15) is 17.3 Å². The zero-order valence-electron chi connectivity index (χ0n) is 17.3. The molecule has 1 aliphatic rings. The highest BCUT2D eigenvalue weighted by Crippen LogP contribution is 2.48. The Morgan fingerprint density at radius 3 is 2.10 bits per heavy atom. The number of fused-ring (bicyclic) bond motifs is 1. The van der Waals surface area contributed by atoms with E-state index in [2.05, 4.69) is 5.32 Å². The van der Waals surface area contributed by atoms with Gasteiger partial charge in [0.15, 0.2) is 11.5 Å². The average Bonchev–Trinajstić information content (AvgIpc) is 3.01. The Hall–Kier alpha value is -3.75. The Bertz CT molecular complexity index is 1000. The van der Waals surface area contributed by atoms with E-state index in [1.54, 1.807) is 31.4 Å². The number of benzene rings is 2. The normalized spacial score (nSPS) is 13.6. The first-order chi connectivity index (χ1) is 14.4. The van der Waals surface area contributed by atoms with Crippen molar-refractivity contribution in [1.29, 1.82) is 0 Å². The molecule has 1 aliphatic heterocycles. The summed E-state index contributed by atoms with van der Waals surface area (Å²) in [5.74, 6) is -0.912. The number of methoxy groups -OCH3 is 4. The molecule has 2 aromatic rings. The predicted octanol–water partition coefficient (Wildman–Crippen LogP) is 2.28. The maximum atomic E-state index is 12.8. The number of carbonyl (C=O) groups excluding carboxylic acids is 3. The van der Waals surface area contributed by atoms with Crippen molar-refractivity contribution >= 4 is 29.0 Å². The highest BCUT2D eigenvalue weighted by Gasteiger charge is 2.44. The molecular formula is C21H22N2O7. The number of Topliss-reactive ketones (excluding diaryl/α,β-unsaturated/α-hetero) is 1. The lowest BCUT2D eigenvalue weighted by Crippen LogP contribution is -2.45. The molecule has 1 atom stereocenters. The smallest absolute Gasteiger partial charge is 0.300 e. The fraction of sp³-hybridized carbons (Fsp3) is 0.286. The van der Waals surface area contributed by atoms with Gasteiger partial charge in [0.25, 0.3) is 11.7 Å². The minimum atomic E-state index is -0.979. The summed E-state index contributed by atoms with van der Waals surface area (Å²) in [5.41, 5.74) is 0.775. The Balaban J connectivity index is 1.98. The van der Waals surface area contributed by atoms with E-state index in [0.717, 1.165) is 4.90 Å². The summed E-state index contributed by atoms with van der Waals surface area (Å²) in [5, 5.41) is 2.73. The zero-order valence-corrected chi connectivity index (χ0v) is 17.3. The van der Waals surface area contributed by atoms with E-state index >= 15 is 0 Å². The van der Waals surface area contributed by atoms with Crippen molar-refractivity contribution in [3.63, 3.8) is 0 Å². The molecule has 0 saturated heterocycles. The second-order valence-corrected chi connectivity index (χ2v) is 6.44. The van der Waals surface area contributed by atoms with Crippen LogP contribution in [0, 0.1) is 0 Å². The van der Waals surface area contributed by atoms with Crippen LogP contribution in [0.3, 0.4) is 0 Å². The van der Waals surface area contributed by atoms with E-state index in [4.69, 9.17) is 18.9 Å². The molecule has 2 aromatic carbocycles. The number of amides is 2.